The fourth-order valence-electron chi connectivity index (χ4n) is 4.36. The van der Waals surface area contributed by atoms with Crippen molar-refractivity contribution in [2.45, 2.75) is 56.8 Å². The second-order valence-electron chi connectivity index (χ2n) is 7.65. The second kappa shape index (κ2) is 6.20. The predicted octanol–water partition coefficient (Wildman–Crippen LogP) is 2.04. The fourth-order valence-corrected chi connectivity index (χ4v) is 4.36. The Morgan fingerprint density at radius 3 is 2.96 bits per heavy atom. The van der Waals surface area contributed by atoms with Crippen LogP contribution in [0.5, 0.6) is 0 Å². The normalized spacial score (nSPS) is 31.9. The Morgan fingerprint density at radius 2 is 2.16 bits per heavy atom. The van der Waals surface area contributed by atoms with E-state index in [1.54, 1.807) is 0 Å². The molecule has 0 radical (unpaired) electrons. The van der Waals surface area contributed by atoms with Crippen molar-refractivity contribution in [1.29, 1.82) is 0 Å². The molecule has 0 spiro atoms. The molecule has 25 heavy (non-hydrogen) atoms. The number of hydrogen-bond acceptors (Lipinski definition) is 5. The third-order valence-electron chi connectivity index (χ3n) is 6.01. The molecule has 0 bridgehead atoms. The van der Waals surface area contributed by atoms with Crippen molar-refractivity contribution in [3.05, 3.63) is 47.5 Å². The summed E-state index contributed by atoms with van der Waals surface area (Å²) in [5.74, 6) is 1.31. The molecule has 1 aliphatic carbocycles. The minimum Gasteiger partial charge on any atom is -0.308 e. The molecule has 5 rings (SSSR count). The van der Waals surface area contributed by atoms with E-state index in [2.05, 4.69) is 46.5 Å². The Balaban J connectivity index is 1.37. The number of hydrogen-bond donors (Lipinski definition) is 3. The van der Waals surface area contributed by atoms with Crippen LogP contribution in [0.25, 0.3) is 0 Å². The Morgan fingerprint density at radius 1 is 1.24 bits per heavy atom. The lowest BCUT2D eigenvalue weighted by Crippen LogP contribution is -2.46. The highest BCUT2D eigenvalue weighted by atomic mass is 15.4. The smallest absolute Gasteiger partial charge is 0.0679 e. The molecule has 2 aromatic rings. The summed E-state index contributed by atoms with van der Waals surface area (Å²) in [5, 5.41) is 8.12. The SMILES string of the molecule is CCn1cc(C2CC3C(CN2)NNC3c2cc(C3CC3)ccn2)cn1. The molecule has 6 nitrogen and oxygen atoms in total. The average Bonchev–Trinajstić information content (AvgIpc) is 3.25. The number of hydrazine groups is 1. The van der Waals surface area contributed by atoms with Crippen LogP contribution in [0.2, 0.25) is 0 Å². The molecule has 0 amide bonds. The van der Waals surface area contributed by atoms with E-state index in [0.717, 1.165) is 25.4 Å². The van der Waals surface area contributed by atoms with Gasteiger partial charge in [-0.05, 0) is 49.8 Å². The summed E-state index contributed by atoms with van der Waals surface area (Å²) in [6, 6.07) is 5.62. The van der Waals surface area contributed by atoms with Gasteiger partial charge in [0.1, 0.15) is 0 Å². The van der Waals surface area contributed by atoms with Crippen LogP contribution in [0, 0.1) is 5.92 Å². The summed E-state index contributed by atoms with van der Waals surface area (Å²) in [5.41, 5.74) is 11.0. The molecule has 2 saturated heterocycles. The van der Waals surface area contributed by atoms with Crippen LogP contribution in [0.4, 0.5) is 0 Å². The molecule has 0 aromatic carbocycles. The molecule has 4 unspecified atom stereocenters. The van der Waals surface area contributed by atoms with Gasteiger partial charge in [0.25, 0.3) is 0 Å². The van der Waals surface area contributed by atoms with E-state index in [1.807, 2.05) is 17.1 Å². The topological polar surface area (TPSA) is 66.8 Å². The van der Waals surface area contributed by atoms with E-state index in [0.29, 0.717) is 18.0 Å². The third-order valence-corrected chi connectivity index (χ3v) is 6.01. The number of rotatable bonds is 4. The summed E-state index contributed by atoms with van der Waals surface area (Å²) >= 11 is 0. The molecule has 3 fully saturated rings. The zero-order valence-electron chi connectivity index (χ0n) is 14.7. The maximum Gasteiger partial charge on any atom is 0.0679 e. The zero-order valence-corrected chi connectivity index (χ0v) is 14.7. The van der Waals surface area contributed by atoms with Gasteiger partial charge in [0.05, 0.1) is 17.9 Å². The van der Waals surface area contributed by atoms with Gasteiger partial charge in [-0.25, -0.2) is 5.43 Å². The predicted molar refractivity (Wildman–Crippen MR) is 95.8 cm³/mol. The molecule has 3 N–H and O–H groups in total. The van der Waals surface area contributed by atoms with Crippen molar-refractivity contribution in [3.63, 3.8) is 0 Å². The lowest BCUT2D eigenvalue weighted by molar-refractivity contribution is 0.265. The van der Waals surface area contributed by atoms with Gasteiger partial charge in [-0.2, -0.15) is 5.10 Å². The maximum atomic E-state index is 4.70. The first kappa shape index (κ1) is 15.5. The molecule has 4 atom stereocenters. The standard InChI is InChI=1S/C19H26N6/c1-2-25-11-14(9-22-25)16-8-15-18(10-21-16)23-24-19(15)17-7-13(5-6-20-17)12-3-4-12/h5-7,9,11-12,15-16,18-19,21,23-24H,2-4,8,10H2,1H3. The number of fused-ring (bicyclic) bond motifs is 1. The highest BCUT2D eigenvalue weighted by Gasteiger charge is 2.42. The van der Waals surface area contributed by atoms with E-state index in [9.17, 15) is 0 Å². The van der Waals surface area contributed by atoms with Gasteiger partial charge in [-0.3, -0.25) is 15.1 Å². The monoisotopic (exact) mass is 338 g/mol. The summed E-state index contributed by atoms with van der Waals surface area (Å²) in [7, 11) is 0. The number of pyridine rings is 1. The molecular formula is C19H26N6. The molecule has 132 valence electrons. The van der Waals surface area contributed by atoms with Crippen molar-refractivity contribution in [1.82, 2.24) is 30.9 Å². The third kappa shape index (κ3) is 2.88. The molecular weight excluding hydrogens is 312 g/mol. The van der Waals surface area contributed by atoms with Crippen LogP contribution in [0.1, 0.15) is 61.0 Å². The molecule has 3 aliphatic rings. The van der Waals surface area contributed by atoms with Crippen molar-refractivity contribution < 1.29 is 0 Å². The first-order valence-corrected chi connectivity index (χ1v) is 9.54. The molecule has 4 heterocycles. The van der Waals surface area contributed by atoms with Gasteiger partial charge in [-0.1, -0.05) is 0 Å². The number of aromatic nitrogens is 3. The lowest BCUT2D eigenvalue weighted by Gasteiger charge is -2.33. The highest BCUT2D eigenvalue weighted by Crippen LogP contribution is 2.42. The number of nitrogens with one attached hydrogen (secondary N) is 3. The fraction of sp³-hybridized carbons (Fsp3) is 0.579. The number of piperidine rings is 1. The van der Waals surface area contributed by atoms with Gasteiger partial charge < -0.3 is 5.32 Å². The zero-order chi connectivity index (χ0) is 16.8. The summed E-state index contributed by atoms with van der Waals surface area (Å²) in [6.07, 6.45) is 9.94. The quantitative estimate of drug-likeness (QED) is 0.796. The van der Waals surface area contributed by atoms with Gasteiger partial charge in [0.15, 0.2) is 0 Å². The highest BCUT2D eigenvalue weighted by molar-refractivity contribution is 5.27. The number of aryl methyl sites for hydroxylation is 1. The summed E-state index contributed by atoms with van der Waals surface area (Å²) in [6.45, 7) is 4.02. The van der Waals surface area contributed by atoms with Crippen LogP contribution >= 0.6 is 0 Å². The molecule has 2 aromatic heterocycles. The minimum absolute atomic E-state index is 0.287. The van der Waals surface area contributed by atoms with Crippen molar-refractivity contribution >= 4 is 0 Å². The molecule has 1 saturated carbocycles. The first-order valence-electron chi connectivity index (χ1n) is 9.54. The molecule has 6 heteroatoms. The van der Waals surface area contributed by atoms with Gasteiger partial charge in [0, 0.05) is 49.0 Å². The molecule has 2 aliphatic heterocycles. The Hall–Kier alpha value is -1.76. The Kier molecular flexibility index (Phi) is 3.84. The van der Waals surface area contributed by atoms with Crippen LogP contribution in [-0.4, -0.2) is 27.4 Å². The lowest BCUT2D eigenvalue weighted by atomic mass is 9.81. The van der Waals surface area contributed by atoms with Crippen LogP contribution in [-0.2, 0) is 6.54 Å². The van der Waals surface area contributed by atoms with Crippen LogP contribution in [0.15, 0.2) is 30.7 Å². The van der Waals surface area contributed by atoms with Crippen LogP contribution in [0.3, 0.4) is 0 Å². The van der Waals surface area contributed by atoms with Gasteiger partial charge in [-0.15, -0.1) is 0 Å². The van der Waals surface area contributed by atoms with Crippen molar-refractivity contribution in [2.75, 3.05) is 6.54 Å². The largest absolute Gasteiger partial charge is 0.308 e. The minimum atomic E-state index is 0.287. The second-order valence-corrected chi connectivity index (χ2v) is 7.65. The average molecular weight is 338 g/mol. The van der Waals surface area contributed by atoms with E-state index in [4.69, 9.17) is 4.98 Å². The van der Waals surface area contributed by atoms with Crippen molar-refractivity contribution in [3.8, 4) is 0 Å². The van der Waals surface area contributed by atoms with Gasteiger partial charge >= 0.3 is 0 Å². The first-order chi connectivity index (χ1) is 12.3. The summed E-state index contributed by atoms with van der Waals surface area (Å²) < 4.78 is 2.01. The van der Waals surface area contributed by atoms with Gasteiger partial charge in [0.2, 0.25) is 0 Å². The van der Waals surface area contributed by atoms with E-state index in [-0.39, 0.29) is 6.04 Å². The van der Waals surface area contributed by atoms with Crippen LogP contribution < -0.4 is 16.2 Å². The van der Waals surface area contributed by atoms with E-state index >= 15 is 0 Å². The number of nitrogens with zero attached hydrogens (tertiary/aromatic N) is 3. The Labute approximate surface area is 148 Å². The van der Waals surface area contributed by atoms with Crippen molar-refractivity contribution in [2.24, 2.45) is 5.92 Å². The Bertz CT molecular complexity index is 752. The summed E-state index contributed by atoms with van der Waals surface area (Å²) in [4.78, 5) is 4.70. The maximum absolute atomic E-state index is 4.70. The van der Waals surface area contributed by atoms with E-state index < -0.39 is 0 Å². The van der Waals surface area contributed by atoms with E-state index in [1.165, 1.54) is 29.7 Å².